The van der Waals surface area contributed by atoms with Gasteiger partial charge in [-0.15, -0.1) is 0 Å². The molecule has 0 unspecified atom stereocenters. The first-order valence-corrected chi connectivity index (χ1v) is 3.79. The van der Waals surface area contributed by atoms with E-state index in [1.807, 2.05) is 0 Å². The van der Waals surface area contributed by atoms with Gasteiger partial charge in [-0.3, -0.25) is 0 Å². The summed E-state index contributed by atoms with van der Waals surface area (Å²) in [4.78, 5) is 0. The second-order valence-electron chi connectivity index (χ2n) is 0.189. The van der Waals surface area contributed by atoms with Gasteiger partial charge in [0, 0.05) is 0 Å². The Morgan fingerprint density at radius 3 is 1.50 bits per heavy atom. The molecule has 3 nitrogen and oxygen atoms in total. The summed E-state index contributed by atoms with van der Waals surface area (Å²) in [6.07, 6.45) is 0. The molecular weight excluding hydrogens is 234 g/mol. The van der Waals surface area contributed by atoms with Gasteiger partial charge in [-0.1, -0.05) is 0 Å². The molecule has 0 fully saturated rings. The van der Waals surface area contributed by atoms with Crippen LogP contribution in [0.2, 0.25) is 0 Å². The van der Waals surface area contributed by atoms with Crippen molar-refractivity contribution in [1.82, 2.24) is 0 Å². The van der Waals surface area contributed by atoms with Crippen molar-refractivity contribution < 1.29 is 28.6 Å². The minimum atomic E-state index is -4.21. The molecule has 0 radical (unpaired) electrons. The Balaban J connectivity index is 2.80. The van der Waals surface area contributed by atoms with Crippen molar-refractivity contribution in [2.45, 2.75) is 0 Å². The second-order valence-corrected chi connectivity index (χ2v) is 1.55. The Labute approximate surface area is 29.3 Å². The van der Waals surface area contributed by atoms with Gasteiger partial charge in [0.15, 0.2) is 0 Å². The van der Waals surface area contributed by atoms with Crippen molar-refractivity contribution in [2.24, 2.45) is 0 Å². The van der Waals surface area contributed by atoms with Gasteiger partial charge in [0.05, 0.1) is 0 Å². The molecule has 0 heterocycles. The maximum atomic E-state index is 8.60. The molecule has 0 rings (SSSR count). The van der Waals surface area contributed by atoms with Crippen molar-refractivity contribution in [3.05, 3.63) is 0 Å². The minimum absolute atomic E-state index is 4.21. The van der Waals surface area contributed by atoms with Crippen molar-refractivity contribution in [1.29, 1.82) is 0 Å². The van der Waals surface area contributed by atoms with Crippen LogP contribution in [0.15, 0.2) is 0 Å². The molecule has 0 bridgehead atoms. The van der Waals surface area contributed by atoms with Crippen LogP contribution in [-0.2, 0) is 20.9 Å². The van der Waals surface area contributed by atoms with Crippen LogP contribution in [-0.4, -0.2) is 0 Å². The molecule has 4 heavy (non-hydrogen) atoms. The predicted molar refractivity (Wildman–Crippen MR) is 0.686 cm³/mol. The fourth-order valence-corrected chi connectivity index (χ4v) is 0. The Bertz CT molecular complexity index is 26.3. The Morgan fingerprint density at radius 1 is 1.50 bits per heavy atom. The summed E-state index contributed by atoms with van der Waals surface area (Å²) < 4.78 is 25.8. The van der Waals surface area contributed by atoms with Crippen LogP contribution in [0.4, 0.5) is 0 Å². The summed E-state index contributed by atoms with van der Waals surface area (Å²) >= 11 is -4.21. The van der Waals surface area contributed by atoms with Crippen LogP contribution in [0.3, 0.4) is 0 Å². The normalized spacial score (nSPS) is 8.75. The molecule has 0 aromatic carbocycles. The van der Waals surface area contributed by atoms with Gasteiger partial charge in [-0.2, -0.15) is 0 Å². The zero-order valence-electron chi connectivity index (χ0n) is 1.60. The average molecular weight is 234 g/mol. The average Bonchev–Trinajstić information content (AvgIpc) is 0.811. The fraction of sp³-hybridized carbons (Fsp3) is 0. The summed E-state index contributed by atoms with van der Waals surface area (Å²) in [5.41, 5.74) is 0. The summed E-state index contributed by atoms with van der Waals surface area (Å²) in [6.45, 7) is 0. The molecule has 0 atom stereocenters. The second kappa shape index (κ2) is 1.68. The Morgan fingerprint density at radius 2 is 1.50 bits per heavy atom. The molecule has 27 valence electrons. The van der Waals surface area contributed by atoms with Gasteiger partial charge in [0.1, 0.15) is 0 Å². The SMILES string of the molecule is [O]=[Re]([O-])[O-]. The molecule has 0 saturated heterocycles. The van der Waals surface area contributed by atoms with Crippen LogP contribution < -0.4 is 7.66 Å². The van der Waals surface area contributed by atoms with E-state index < -0.39 is 17.5 Å². The molecule has 0 aromatic heterocycles. The van der Waals surface area contributed by atoms with Gasteiger partial charge in [0.2, 0.25) is 0 Å². The third kappa shape index (κ3) is 31.1. The molecule has 0 spiro atoms. The molecular formula is O3Re-2. The standard InChI is InChI=1S/3O.Re/q;2*-1;. The van der Waals surface area contributed by atoms with E-state index in [0.29, 0.717) is 0 Å². The van der Waals surface area contributed by atoms with Crippen molar-refractivity contribution in [3.8, 4) is 0 Å². The fourth-order valence-electron chi connectivity index (χ4n) is 0. The van der Waals surface area contributed by atoms with Crippen LogP contribution in [0, 0.1) is 0 Å². The van der Waals surface area contributed by atoms with Crippen LogP contribution >= 0.6 is 0 Å². The van der Waals surface area contributed by atoms with E-state index in [9.17, 15) is 0 Å². The number of hydrogen-bond donors (Lipinski definition) is 0. The monoisotopic (exact) mass is 235 g/mol. The van der Waals surface area contributed by atoms with Gasteiger partial charge < -0.3 is 0 Å². The molecule has 4 heteroatoms. The van der Waals surface area contributed by atoms with Gasteiger partial charge in [0.25, 0.3) is 0 Å². The molecule has 0 saturated carbocycles. The molecule has 0 aromatic rings. The first-order chi connectivity index (χ1) is 1.73. The number of hydrogen-bond acceptors (Lipinski definition) is 3. The Kier molecular flexibility index (Phi) is 1.84. The molecule has 0 aliphatic heterocycles. The van der Waals surface area contributed by atoms with E-state index in [4.69, 9.17) is 11.1 Å². The van der Waals surface area contributed by atoms with Crippen molar-refractivity contribution in [2.75, 3.05) is 0 Å². The van der Waals surface area contributed by atoms with Gasteiger partial charge in [-0.05, 0) is 0 Å². The molecule has 0 amide bonds. The van der Waals surface area contributed by atoms with E-state index >= 15 is 0 Å². The summed E-state index contributed by atoms with van der Waals surface area (Å²) in [5, 5.41) is 0. The van der Waals surface area contributed by atoms with E-state index in [1.165, 1.54) is 0 Å². The third-order valence-electron chi connectivity index (χ3n) is 0. The topological polar surface area (TPSA) is 63.2 Å². The maximum absolute atomic E-state index is 8.60. The zero-order chi connectivity index (χ0) is 3.58. The quantitative estimate of drug-likeness (QED) is 0.465. The van der Waals surface area contributed by atoms with Crippen molar-refractivity contribution in [3.63, 3.8) is 0 Å². The number of rotatable bonds is 0. The summed E-state index contributed by atoms with van der Waals surface area (Å²) in [5.74, 6) is 0. The third-order valence-corrected chi connectivity index (χ3v) is 0. The first-order valence-electron chi connectivity index (χ1n) is 0.463. The van der Waals surface area contributed by atoms with E-state index in [1.54, 1.807) is 0 Å². The first kappa shape index (κ1) is 4.38. The van der Waals surface area contributed by atoms with E-state index in [0.717, 1.165) is 0 Å². The molecule has 0 aliphatic carbocycles. The molecule has 0 aliphatic rings. The van der Waals surface area contributed by atoms with E-state index in [2.05, 4.69) is 0 Å². The zero-order valence-corrected chi connectivity index (χ0v) is 4.32. The van der Waals surface area contributed by atoms with Crippen LogP contribution in [0.5, 0.6) is 0 Å². The van der Waals surface area contributed by atoms with Crippen LogP contribution in [0.1, 0.15) is 0 Å². The summed E-state index contributed by atoms with van der Waals surface area (Å²) in [6, 6.07) is 0. The molecule has 0 N–H and O–H groups in total. The van der Waals surface area contributed by atoms with Gasteiger partial charge in [-0.25, -0.2) is 0 Å². The van der Waals surface area contributed by atoms with Gasteiger partial charge >= 0.3 is 28.6 Å². The van der Waals surface area contributed by atoms with Crippen molar-refractivity contribution >= 4 is 0 Å². The predicted octanol–water partition coefficient (Wildman–Crippen LogP) is -2.50. The summed E-state index contributed by atoms with van der Waals surface area (Å²) in [7, 11) is 0. The van der Waals surface area contributed by atoms with E-state index in [-0.39, 0.29) is 0 Å². The Hall–Kier alpha value is 0.382. The van der Waals surface area contributed by atoms with Crippen LogP contribution in [0.25, 0.3) is 0 Å².